The Morgan fingerprint density at radius 2 is 2.31 bits per heavy atom. The van der Waals surface area contributed by atoms with E-state index in [0.29, 0.717) is 17.6 Å². The number of hydrogen-bond donors (Lipinski definition) is 2. The van der Waals surface area contributed by atoms with E-state index in [1.54, 1.807) is 18.8 Å². The molecule has 0 radical (unpaired) electrons. The minimum atomic E-state index is -0.224. The summed E-state index contributed by atoms with van der Waals surface area (Å²) in [5.74, 6) is 0.975. The van der Waals surface area contributed by atoms with Crippen LogP contribution in [0.4, 0.5) is 0 Å². The highest BCUT2D eigenvalue weighted by Gasteiger charge is 2.24. The van der Waals surface area contributed by atoms with Crippen molar-refractivity contribution in [2.45, 2.75) is 24.5 Å². The minimum absolute atomic E-state index is 0. The number of benzene rings is 1. The number of aliphatic imine (C=N–C) groups is 1. The first kappa shape index (κ1) is 23.4. The Bertz CT molecular complexity index is 617. The molecule has 0 spiro atoms. The van der Waals surface area contributed by atoms with E-state index < -0.39 is 0 Å². The number of nitrogens with two attached hydrogens (primary N) is 1. The van der Waals surface area contributed by atoms with Crippen LogP contribution in [-0.4, -0.2) is 49.7 Å². The van der Waals surface area contributed by atoms with Crippen molar-refractivity contribution < 1.29 is 4.79 Å². The van der Waals surface area contributed by atoms with E-state index in [2.05, 4.69) is 27.5 Å². The molecule has 1 heterocycles. The van der Waals surface area contributed by atoms with Crippen LogP contribution in [0.1, 0.15) is 30.1 Å². The Hall–Kier alpha value is -0.670. The lowest BCUT2D eigenvalue weighted by Gasteiger charge is -2.35. The number of nitrogens with zero attached hydrogens (tertiary/aromatic N) is 2. The van der Waals surface area contributed by atoms with Crippen LogP contribution in [0.2, 0.25) is 5.02 Å². The molecule has 0 bridgehead atoms. The zero-order valence-electron chi connectivity index (χ0n) is 15.3. The SMILES string of the molecule is CN=C(NCC(SC)c1cccc(Cl)c1)N1CCCC(CC(N)=O)C1.I. The summed E-state index contributed by atoms with van der Waals surface area (Å²) in [6.07, 6.45) is 4.65. The molecule has 0 aliphatic carbocycles. The van der Waals surface area contributed by atoms with Gasteiger partial charge in [0.2, 0.25) is 5.91 Å². The molecule has 2 rings (SSSR count). The lowest BCUT2D eigenvalue weighted by atomic mass is 9.95. The fourth-order valence-electron chi connectivity index (χ4n) is 3.27. The molecule has 1 aromatic rings. The normalized spacial score (nSPS) is 18.8. The second kappa shape index (κ2) is 11.9. The number of guanidine groups is 1. The molecule has 1 saturated heterocycles. The average molecular weight is 511 g/mol. The first-order chi connectivity index (χ1) is 12.0. The predicted octanol–water partition coefficient (Wildman–Crippen LogP) is 3.52. The lowest BCUT2D eigenvalue weighted by molar-refractivity contribution is -0.119. The molecule has 1 fully saturated rings. The fraction of sp³-hybridized carbons (Fsp3) is 0.556. The molecule has 1 aliphatic rings. The Balaban J connectivity index is 0.00000338. The third-order valence-corrected chi connectivity index (χ3v) is 5.71. The van der Waals surface area contributed by atoms with Crippen molar-refractivity contribution in [3.05, 3.63) is 34.9 Å². The van der Waals surface area contributed by atoms with E-state index in [-0.39, 0.29) is 29.9 Å². The van der Waals surface area contributed by atoms with Crippen LogP contribution in [0.15, 0.2) is 29.3 Å². The molecular formula is C18H28ClIN4OS. The number of thioether (sulfide) groups is 1. The van der Waals surface area contributed by atoms with Crippen molar-refractivity contribution in [1.29, 1.82) is 0 Å². The molecule has 3 N–H and O–H groups in total. The molecule has 1 aliphatic heterocycles. The molecule has 2 unspecified atom stereocenters. The fourth-order valence-corrected chi connectivity index (χ4v) is 4.14. The molecular weight excluding hydrogens is 483 g/mol. The molecule has 5 nitrogen and oxygen atoms in total. The number of hydrogen-bond acceptors (Lipinski definition) is 3. The number of carbonyl (C=O) groups is 1. The van der Waals surface area contributed by atoms with Crippen LogP contribution in [0.25, 0.3) is 0 Å². The monoisotopic (exact) mass is 510 g/mol. The highest BCUT2D eigenvalue weighted by Crippen LogP contribution is 2.28. The second-order valence-corrected chi connectivity index (χ2v) is 7.81. The number of nitrogens with one attached hydrogen (secondary N) is 1. The number of rotatable bonds is 6. The largest absolute Gasteiger partial charge is 0.370 e. The smallest absolute Gasteiger partial charge is 0.217 e. The van der Waals surface area contributed by atoms with E-state index in [4.69, 9.17) is 17.3 Å². The van der Waals surface area contributed by atoms with Crippen LogP contribution in [0.5, 0.6) is 0 Å². The summed E-state index contributed by atoms with van der Waals surface area (Å²) < 4.78 is 0. The molecule has 8 heteroatoms. The van der Waals surface area contributed by atoms with Gasteiger partial charge in [0.15, 0.2) is 5.96 Å². The van der Waals surface area contributed by atoms with Crippen LogP contribution in [0, 0.1) is 5.92 Å². The number of halogens is 2. The van der Waals surface area contributed by atoms with Gasteiger partial charge < -0.3 is 16.0 Å². The van der Waals surface area contributed by atoms with Gasteiger partial charge in [-0.1, -0.05) is 23.7 Å². The Morgan fingerprint density at radius 1 is 1.54 bits per heavy atom. The van der Waals surface area contributed by atoms with Crippen LogP contribution >= 0.6 is 47.3 Å². The summed E-state index contributed by atoms with van der Waals surface area (Å²) in [4.78, 5) is 17.8. The number of carbonyl (C=O) groups excluding carboxylic acids is 1. The number of piperidine rings is 1. The Morgan fingerprint density at radius 3 is 2.92 bits per heavy atom. The lowest BCUT2D eigenvalue weighted by Crippen LogP contribution is -2.47. The van der Waals surface area contributed by atoms with Crippen LogP contribution in [-0.2, 0) is 4.79 Å². The minimum Gasteiger partial charge on any atom is -0.370 e. The number of amides is 1. The van der Waals surface area contributed by atoms with Gasteiger partial charge >= 0.3 is 0 Å². The summed E-state index contributed by atoms with van der Waals surface area (Å²) in [6.45, 7) is 2.55. The first-order valence-corrected chi connectivity index (χ1v) is 10.2. The van der Waals surface area contributed by atoms with Crippen molar-refractivity contribution in [3.63, 3.8) is 0 Å². The van der Waals surface area contributed by atoms with Crippen molar-refractivity contribution in [3.8, 4) is 0 Å². The van der Waals surface area contributed by atoms with Gasteiger partial charge in [0.25, 0.3) is 0 Å². The highest BCUT2D eigenvalue weighted by molar-refractivity contribution is 14.0. The van der Waals surface area contributed by atoms with Crippen LogP contribution in [0.3, 0.4) is 0 Å². The van der Waals surface area contributed by atoms with Crippen molar-refractivity contribution in [1.82, 2.24) is 10.2 Å². The maximum absolute atomic E-state index is 11.2. The third-order valence-electron chi connectivity index (χ3n) is 4.47. The molecule has 1 amide bonds. The van der Waals surface area contributed by atoms with Gasteiger partial charge in [0, 0.05) is 43.4 Å². The van der Waals surface area contributed by atoms with E-state index >= 15 is 0 Å². The van der Waals surface area contributed by atoms with Crippen LogP contribution < -0.4 is 11.1 Å². The number of likely N-dealkylation sites (tertiary alicyclic amines) is 1. The van der Waals surface area contributed by atoms with Gasteiger partial charge in [-0.15, -0.1) is 24.0 Å². The molecule has 26 heavy (non-hydrogen) atoms. The summed E-state index contributed by atoms with van der Waals surface area (Å²) in [7, 11) is 1.80. The maximum atomic E-state index is 11.2. The van der Waals surface area contributed by atoms with Gasteiger partial charge in [-0.05, 0) is 42.7 Å². The zero-order chi connectivity index (χ0) is 18.2. The van der Waals surface area contributed by atoms with Crippen molar-refractivity contribution >= 4 is 59.2 Å². The zero-order valence-corrected chi connectivity index (χ0v) is 19.2. The maximum Gasteiger partial charge on any atom is 0.217 e. The van der Waals surface area contributed by atoms with Gasteiger partial charge in [0.05, 0.1) is 0 Å². The van der Waals surface area contributed by atoms with E-state index in [1.165, 1.54) is 5.56 Å². The third kappa shape index (κ3) is 7.15. The van der Waals surface area contributed by atoms with Gasteiger partial charge in [-0.2, -0.15) is 11.8 Å². The molecule has 2 atom stereocenters. The second-order valence-electron chi connectivity index (χ2n) is 6.33. The van der Waals surface area contributed by atoms with E-state index in [0.717, 1.165) is 43.5 Å². The average Bonchev–Trinajstić information content (AvgIpc) is 2.58. The number of primary amides is 1. The molecule has 0 saturated carbocycles. The summed E-state index contributed by atoms with van der Waals surface area (Å²) in [6, 6.07) is 7.98. The highest BCUT2D eigenvalue weighted by atomic mass is 127. The van der Waals surface area contributed by atoms with Crippen molar-refractivity contribution in [2.75, 3.05) is 32.9 Å². The molecule has 1 aromatic carbocycles. The molecule has 0 aromatic heterocycles. The first-order valence-electron chi connectivity index (χ1n) is 8.55. The molecule has 146 valence electrons. The summed E-state index contributed by atoms with van der Waals surface area (Å²) in [5.41, 5.74) is 6.56. The standard InChI is InChI=1S/C18H27ClN4OS.HI/c1-21-18(23-8-4-5-13(12-23)9-17(20)24)22-11-16(25-2)14-6-3-7-15(19)10-14;/h3,6-7,10,13,16H,4-5,8-9,11-12H2,1-2H3,(H2,20,24)(H,21,22);1H. The predicted molar refractivity (Wildman–Crippen MR) is 123 cm³/mol. The quantitative estimate of drug-likeness (QED) is 0.349. The Kier molecular flexibility index (Phi) is 10.7. The topological polar surface area (TPSA) is 70.7 Å². The Labute approximate surface area is 182 Å². The van der Waals surface area contributed by atoms with Gasteiger partial charge in [0.1, 0.15) is 0 Å². The summed E-state index contributed by atoms with van der Waals surface area (Å²) >= 11 is 7.90. The van der Waals surface area contributed by atoms with Gasteiger partial charge in [-0.25, -0.2) is 0 Å². The summed E-state index contributed by atoms with van der Waals surface area (Å²) in [5, 5.41) is 4.53. The van der Waals surface area contributed by atoms with Crippen molar-refractivity contribution in [2.24, 2.45) is 16.6 Å². The van der Waals surface area contributed by atoms with Gasteiger partial charge in [-0.3, -0.25) is 9.79 Å². The van der Waals surface area contributed by atoms with E-state index in [9.17, 15) is 4.79 Å². The van der Waals surface area contributed by atoms with E-state index in [1.807, 2.05) is 18.2 Å².